The van der Waals surface area contributed by atoms with Gasteiger partial charge in [0.1, 0.15) is 0 Å². The van der Waals surface area contributed by atoms with Gasteiger partial charge in [0, 0.05) is 22.6 Å². The van der Waals surface area contributed by atoms with Crippen molar-refractivity contribution in [2.45, 2.75) is 0 Å². The molecule has 0 aliphatic rings. The van der Waals surface area contributed by atoms with Crippen molar-refractivity contribution in [3.8, 4) is 0 Å². The van der Waals surface area contributed by atoms with Gasteiger partial charge in [0.2, 0.25) is 0 Å². The van der Waals surface area contributed by atoms with Gasteiger partial charge in [0.15, 0.2) is 10.2 Å². The molecule has 0 unspecified atom stereocenters. The highest BCUT2D eigenvalue weighted by atomic mass is 32.1. The maximum atomic E-state index is 12.3. The van der Waals surface area contributed by atoms with Crippen LogP contribution in [0.15, 0.2) is 84.9 Å². The number of thiocarbonyl (C=S) groups is 2. The molecule has 0 spiro atoms. The number of carbonyl (C=O) groups is 1. The molecule has 0 bridgehead atoms. The molecule has 0 saturated carbocycles. The largest absolute Gasteiger partial charge is 0.332 e. The monoisotopic (exact) mass is 421 g/mol. The molecule has 6 nitrogen and oxygen atoms in total. The van der Waals surface area contributed by atoms with Gasteiger partial charge in [-0.25, -0.2) is 0 Å². The van der Waals surface area contributed by atoms with E-state index >= 15 is 0 Å². The first-order chi connectivity index (χ1) is 14.1. The van der Waals surface area contributed by atoms with Crippen LogP contribution in [0.5, 0.6) is 0 Å². The Morgan fingerprint density at radius 2 is 1.00 bits per heavy atom. The lowest BCUT2D eigenvalue weighted by Crippen LogP contribution is -2.43. The highest BCUT2D eigenvalue weighted by Gasteiger charge is 2.06. The summed E-state index contributed by atoms with van der Waals surface area (Å²) in [5, 5.41) is 9.90. The van der Waals surface area contributed by atoms with Crippen molar-refractivity contribution in [3.05, 3.63) is 90.5 Å². The van der Waals surface area contributed by atoms with E-state index in [9.17, 15) is 4.79 Å². The third-order valence-corrected chi connectivity index (χ3v) is 4.17. The lowest BCUT2D eigenvalue weighted by Gasteiger charge is -2.12. The molecule has 3 aromatic carbocycles. The van der Waals surface area contributed by atoms with Crippen LogP contribution < -0.4 is 26.8 Å². The third-order valence-electron chi connectivity index (χ3n) is 3.76. The number of hydrazine groups is 1. The van der Waals surface area contributed by atoms with Gasteiger partial charge in [-0.3, -0.25) is 15.6 Å². The predicted molar refractivity (Wildman–Crippen MR) is 126 cm³/mol. The van der Waals surface area contributed by atoms with Crippen LogP contribution in [0.1, 0.15) is 10.4 Å². The van der Waals surface area contributed by atoms with Gasteiger partial charge < -0.3 is 16.0 Å². The van der Waals surface area contributed by atoms with Crippen LogP contribution in [0.2, 0.25) is 0 Å². The normalized spacial score (nSPS) is 9.79. The maximum absolute atomic E-state index is 12.3. The SMILES string of the molecule is O=C(NNC(=S)Nc1ccccc1)c1ccc(NC(=S)Nc2ccccc2)cc1. The zero-order chi connectivity index (χ0) is 20.5. The Labute approximate surface area is 179 Å². The van der Waals surface area contributed by atoms with Crippen molar-refractivity contribution in [3.63, 3.8) is 0 Å². The molecular weight excluding hydrogens is 402 g/mol. The molecule has 1 amide bonds. The van der Waals surface area contributed by atoms with E-state index in [0.717, 1.165) is 17.1 Å². The highest BCUT2D eigenvalue weighted by Crippen LogP contribution is 2.11. The molecular formula is C21H19N5OS2. The number of anilines is 3. The first-order valence-electron chi connectivity index (χ1n) is 8.76. The number of hydrogen-bond acceptors (Lipinski definition) is 3. The Morgan fingerprint density at radius 3 is 1.52 bits per heavy atom. The van der Waals surface area contributed by atoms with E-state index in [1.165, 1.54) is 0 Å². The Balaban J connectivity index is 1.47. The molecule has 146 valence electrons. The Morgan fingerprint density at radius 1 is 0.552 bits per heavy atom. The van der Waals surface area contributed by atoms with Crippen molar-refractivity contribution in [2.24, 2.45) is 0 Å². The molecule has 29 heavy (non-hydrogen) atoms. The Bertz CT molecular complexity index is 979. The predicted octanol–water partition coefficient (Wildman–Crippen LogP) is 4.13. The molecule has 5 N–H and O–H groups in total. The first-order valence-corrected chi connectivity index (χ1v) is 9.57. The van der Waals surface area contributed by atoms with Gasteiger partial charge in [-0.05, 0) is 73.0 Å². The lowest BCUT2D eigenvalue weighted by molar-refractivity contribution is 0.0944. The van der Waals surface area contributed by atoms with Gasteiger partial charge in [-0.2, -0.15) is 0 Å². The molecule has 0 aliphatic carbocycles. The minimum atomic E-state index is -0.307. The van der Waals surface area contributed by atoms with Crippen LogP contribution in [0, 0.1) is 0 Å². The van der Waals surface area contributed by atoms with E-state index < -0.39 is 0 Å². The molecule has 0 aromatic heterocycles. The van der Waals surface area contributed by atoms with Crippen LogP contribution in [-0.4, -0.2) is 16.1 Å². The second kappa shape index (κ2) is 10.2. The summed E-state index contributed by atoms with van der Waals surface area (Å²) in [6.07, 6.45) is 0. The van der Waals surface area contributed by atoms with Crippen LogP contribution in [0.3, 0.4) is 0 Å². The molecule has 8 heteroatoms. The summed E-state index contributed by atoms with van der Waals surface area (Å²) in [6, 6.07) is 26.0. The summed E-state index contributed by atoms with van der Waals surface area (Å²) in [5.74, 6) is -0.307. The summed E-state index contributed by atoms with van der Waals surface area (Å²) < 4.78 is 0. The van der Waals surface area contributed by atoms with Crippen molar-refractivity contribution < 1.29 is 4.79 Å². The number of hydrogen-bond donors (Lipinski definition) is 5. The van der Waals surface area contributed by atoms with Gasteiger partial charge in [0.05, 0.1) is 0 Å². The fourth-order valence-electron chi connectivity index (χ4n) is 2.39. The van der Waals surface area contributed by atoms with Crippen LogP contribution in [0.25, 0.3) is 0 Å². The Kier molecular flexibility index (Phi) is 7.10. The van der Waals surface area contributed by atoms with E-state index in [4.69, 9.17) is 24.4 Å². The number of para-hydroxylation sites is 2. The minimum absolute atomic E-state index is 0.292. The zero-order valence-corrected chi connectivity index (χ0v) is 16.9. The van der Waals surface area contributed by atoms with Crippen molar-refractivity contribution in [2.75, 3.05) is 16.0 Å². The van der Waals surface area contributed by atoms with E-state index in [1.54, 1.807) is 24.3 Å². The summed E-state index contributed by atoms with van der Waals surface area (Å²) in [4.78, 5) is 12.3. The molecule has 0 aliphatic heterocycles. The molecule has 0 atom stereocenters. The van der Waals surface area contributed by atoms with Crippen LogP contribution >= 0.6 is 24.4 Å². The summed E-state index contributed by atoms with van der Waals surface area (Å²) in [6.45, 7) is 0. The standard InChI is InChI=1S/C21H19N5OS2/c27-19(25-26-21(29)24-17-9-5-2-6-10-17)15-11-13-18(14-12-15)23-20(28)22-16-7-3-1-4-8-16/h1-14H,(H,25,27)(H2,22,23,28)(H2,24,26,29). The smallest absolute Gasteiger partial charge is 0.269 e. The fourth-order valence-corrected chi connectivity index (χ4v) is 2.79. The van der Waals surface area contributed by atoms with Crippen molar-refractivity contribution in [1.82, 2.24) is 10.9 Å². The number of nitrogens with one attached hydrogen (secondary N) is 5. The van der Waals surface area contributed by atoms with E-state index in [0.29, 0.717) is 15.8 Å². The Hall–Kier alpha value is -3.49. The van der Waals surface area contributed by atoms with E-state index in [-0.39, 0.29) is 5.91 Å². The number of amides is 1. The van der Waals surface area contributed by atoms with Crippen molar-refractivity contribution >= 4 is 57.6 Å². The number of benzene rings is 3. The van der Waals surface area contributed by atoms with Crippen molar-refractivity contribution in [1.29, 1.82) is 0 Å². The zero-order valence-electron chi connectivity index (χ0n) is 15.3. The molecule has 0 saturated heterocycles. The van der Waals surface area contributed by atoms with Gasteiger partial charge in [0.25, 0.3) is 5.91 Å². The summed E-state index contributed by atoms with van der Waals surface area (Å²) >= 11 is 10.5. The third kappa shape index (κ3) is 6.56. The van der Waals surface area contributed by atoms with Gasteiger partial charge in [-0.1, -0.05) is 36.4 Å². The lowest BCUT2D eigenvalue weighted by atomic mass is 10.2. The van der Waals surface area contributed by atoms with Gasteiger partial charge >= 0.3 is 0 Å². The molecule has 3 rings (SSSR count). The molecule has 0 radical (unpaired) electrons. The summed E-state index contributed by atoms with van der Waals surface area (Å²) in [7, 11) is 0. The number of rotatable bonds is 4. The quantitative estimate of drug-likeness (QED) is 0.320. The second-order valence-electron chi connectivity index (χ2n) is 5.92. The first kappa shape index (κ1) is 20.2. The summed E-state index contributed by atoms with van der Waals surface area (Å²) in [5.41, 5.74) is 8.21. The average Bonchev–Trinajstić information content (AvgIpc) is 2.74. The maximum Gasteiger partial charge on any atom is 0.269 e. The topological polar surface area (TPSA) is 77.2 Å². The average molecular weight is 422 g/mol. The van der Waals surface area contributed by atoms with E-state index in [2.05, 4.69) is 26.8 Å². The number of carbonyl (C=O) groups excluding carboxylic acids is 1. The minimum Gasteiger partial charge on any atom is -0.332 e. The highest BCUT2D eigenvalue weighted by molar-refractivity contribution is 7.80. The second-order valence-corrected chi connectivity index (χ2v) is 6.74. The van der Waals surface area contributed by atoms with Crippen LogP contribution in [-0.2, 0) is 0 Å². The molecule has 3 aromatic rings. The van der Waals surface area contributed by atoms with Gasteiger partial charge in [-0.15, -0.1) is 0 Å². The van der Waals surface area contributed by atoms with E-state index in [1.807, 2.05) is 60.7 Å². The fraction of sp³-hybridized carbons (Fsp3) is 0. The molecule has 0 heterocycles. The molecule has 0 fully saturated rings. The van der Waals surface area contributed by atoms with Crippen LogP contribution in [0.4, 0.5) is 17.1 Å².